The van der Waals surface area contributed by atoms with Crippen LogP contribution in [0.5, 0.6) is 11.5 Å². The highest BCUT2D eigenvalue weighted by Crippen LogP contribution is 2.55. The van der Waals surface area contributed by atoms with Crippen LogP contribution in [0.2, 0.25) is 0 Å². The summed E-state index contributed by atoms with van der Waals surface area (Å²) in [7, 11) is 0. The van der Waals surface area contributed by atoms with Crippen molar-refractivity contribution < 1.29 is 19.1 Å². The van der Waals surface area contributed by atoms with Gasteiger partial charge in [-0.3, -0.25) is 19.4 Å². The Morgan fingerprint density at radius 3 is 2.78 bits per heavy atom. The molecule has 1 spiro atoms. The number of H-pyrrole nitrogens is 1. The topological polar surface area (TPSA) is 116 Å². The van der Waals surface area contributed by atoms with Gasteiger partial charge in [-0.05, 0) is 74.1 Å². The van der Waals surface area contributed by atoms with E-state index in [9.17, 15) is 14.4 Å². The Morgan fingerprint density at radius 1 is 1.12 bits per heavy atom. The maximum Gasteiger partial charge on any atom is 0.251 e. The fourth-order valence-electron chi connectivity index (χ4n) is 5.74. The highest BCUT2D eigenvalue weighted by atomic mass is 32.2. The summed E-state index contributed by atoms with van der Waals surface area (Å²) in [5.74, 6) is 0.561. The largest absolute Gasteiger partial charge is 0.455 e. The second-order valence-electron chi connectivity index (χ2n) is 11.2. The molecular weight excluding hydrogens is 538 g/mol. The van der Waals surface area contributed by atoms with E-state index in [0.717, 1.165) is 45.0 Å². The predicted octanol–water partition coefficient (Wildman–Crippen LogP) is 4.81. The molecule has 0 radical (unpaired) electrons. The molecule has 2 atom stereocenters. The number of fused-ring (bicyclic) bond motifs is 3. The zero-order valence-electron chi connectivity index (χ0n) is 22.5. The van der Waals surface area contributed by atoms with Gasteiger partial charge >= 0.3 is 0 Å². The molecule has 3 N–H and O–H groups in total. The zero-order valence-corrected chi connectivity index (χ0v) is 23.3. The first-order chi connectivity index (χ1) is 19.9. The third-order valence-corrected chi connectivity index (χ3v) is 9.37. The Balaban J connectivity index is 0.997. The zero-order chi connectivity index (χ0) is 28.1. The van der Waals surface area contributed by atoms with Crippen molar-refractivity contribution in [3.05, 3.63) is 78.2 Å². The number of carbonyl (C=O) groups excluding carboxylic acids is 3. The molecule has 0 bridgehead atoms. The third-order valence-electron chi connectivity index (χ3n) is 8.25. The molecule has 1 saturated heterocycles. The summed E-state index contributed by atoms with van der Waals surface area (Å²) in [5.41, 5.74) is 2.26. The highest BCUT2D eigenvalue weighted by molar-refractivity contribution is 7.99. The van der Waals surface area contributed by atoms with E-state index >= 15 is 0 Å². The number of hydrogen-bond donors (Lipinski definition) is 3. The van der Waals surface area contributed by atoms with Crippen molar-refractivity contribution >= 4 is 40.4 Å². The summed E-state index contributed by atoms with van der Waals surface area (Å²) in [4.78, 5) is 50.8. The maximum absolute atomic E-state index is 13.4. The summed E-state index contributed by atoms with van der Waals surface area (Å²) in [6.45, 7) is 2.28. The molecule has 2 aromatic heterocycles. The number of nitrogens with one attached hydrogen (secondary N) is 3. The van der Waals surface area contributed by atoms with Gasteiger partial charge < -0.3 is 25.3 Å². The van der Waals surface area contributed by atoms with E-state index in [4.69, 9.17) is 4.74 Å². The lowest BCUT2D eigenvalue weighted by Gasteiger charge is -2.25. The first-order valence-corrected chi connectivity index (χ1v) is 14.6. The van der Waals surface area contributed by atoms with Crippen LogP contribution in [-0.2, 0) is 9.59 Å². The predicted molar refractivity (Wildman–Crippen MR) is 154 cm³/mol. The molecule has 41 heavy (non-hydrogen) atoms. The van der Waals surface area contributed by atoms with Crippen LogP contribution in [-0.4, -0.2) is 51.7 Å². The lowest BCUT2D eigenvalue weighted by molar-refractivity contribution is -0.138. The van der Waals surface area contributed by atoms with Gasteiger partial charge in [0.2, 0.25) is 11.8 Å². The summed E-state index contributed by atoms with van der Waals surface area (Å²) in [5, 5.41) is 6.82. The summed E-state index contributed by atoms with van der Waals surface area (Å²) in [6.07, 6.45) is 6.16. The molecule has 1 aliphatic carbocycles. The van der Waals surface area contributed by atoms with Gasteiger partial charge in [0, 0.05) is 41.1 Å². The van der Waals surface area contributed by atoms with E-state index in [0.29, 0.717) is 24.3 Å². The fraction of sp³-hybridized carbons (Fsp3) is 0.290. The standard InChI is InChI=1S/C31H29N5O4S/c1-18(22-12-20-15-32-11-8-21(20)35-22)34-30(39)23-14-31(9-10-31)17-36(23)28(37)16-33-29(38)19-6-7-27-25(13-19)40-24-4-2-3-5-26(24)41-27/h2-8,11-13,15,18,23,35H,9-10,14,16-17H2,1H3,(H,33,38)(H,34,39)/t18-,23+/m1/s1. The Morgan fingerprint density at radius 2 is 1.95 bits per heavy atom. The number of carbonyl (C=O) groups is 3. The number of para-hydroxylation sites is 1. The lowest BCUT2D eigenvalue weighted by atomic mass is 10.0. The van der Waals surface area contributed by atoms with Crippen LogP contribution in [0.25, 0.3) is 10.9 Å². The number of pyridine rings is 1. The average molecular weight is 568 g/mol. The number of rotatable bonds is 6. The molecule has 4 aromatic rings. The average Bonchev–Trinajstić information content (AvgIpc) is 3.42. The molecule has 1 saturated carbocycles. The molecule has 4 heterocycles. The number of ether oxygens (including phenoxy) is 1. The van der Waals surface area contributed by atoms with E-state index in [1.807, 2.05) is 49.4 Å². The smallest absolute Gasteiger partial charge is 0.251 e. The van der Waals surface area contributed by atoms with Crippen molar-refractivity contribution in [1.29, 1.82) is 0 Å². The van der Waals surface area contributed by atoms with Crippen LogP contribution in [0.4, 0.5) is 0 Å². The Kier molecular flexibility index (Phi) is 6.23. The third kappa shape index (κ3) is 4.93. The van der Waals surface area contributed by atoms with Crippen molar-refractivity contribution in [2.75, 3.05) is 13.1 Å². The van der Waals surface area contributed by atoms with Gasteiger partial charge in [-0.2, -0.15) is 0 Å². The molecule has 208 valence electrons. The SMILES string of the molecule is C[C@@H](NC(=O)[C@@H]1CC2(CC2)CN1C(=O)CNC(=O)c1ccc2c(c1)Oc1ccccc1S2)c1cc2cnccc2[nH]1. The second kappa shape index (κ2) is 9.95. The van der Waals surface area contributed by atoms with Crippen LogP contribution in [0.1, 0.15) is 48.3 Å². The minimum atomic E-state index is -0.565. The van der Waals surface area contributed by atoms with E-state index in [1.165, 1.54) is 0 Å². The molecule has 0 unspecified atom stereocenters. The van der Waals surface area contributed by atoms with E-state index in [1.54, 1.807) is 41.2 Å². The Bertz CT molecular complexity index is 1660. The van der Waals surface area contributed by atoms with E-state index < -0.39 is 6.04 Å². The van der Waals surface area contributed by atoms with Crippen molar-refractivity contribution in [2.45, 2.75) is 48.1 Å². The molecule has 3 aliphatic rings. The van der Waals surface area contributed by atoms with Crippen LogP contribution in [0.3, 0.4) is 0 Å². The number of aromatic nitrogens is 2. The molecule has 9 nitrogen and oxygen atoms in total. The van der Waals surface area contributed by atoms with Crippen molar-refractivity contribution in [1.82, 2.24) is 25.5 Å². The number of nitrogens with zero attached hydrogens (tertiary/aromatic N) is 2. The molecular formula is C31H29N5O4S. The van der Waals surface area contributed by atoms with Gasteiger partial charge in [0.1, 0.15) is 17.5 Å². The summed E-state index contributed by atoms with van der Waals surface area (Å²) < 4.78 is 6.00. The number of hydrogen-bond acceptors (Lipinski definition) is 6. The van der Waals surface area contributed by atoms with Crippen molar-refractivity contribution in [3.63, 3.8) is 0 Å². The van der Waals surface area contributed by atoms with Crippen LogP contribution in [0, 0.1) is 5.41 Å². The molecule has 7 rings (SSSR count). The van der Waals surface area contributed by atoms with Crippen LogP contribution in [0.15, 0.2) is 76.8 Å². The van der Waals surface area contributed by atoms with Crippen LogP contribution < -0.4 is 15.4 Å². The van der Waals surface area contributed by atoms with Gasteiger partial charge in [0.25, 0.3) is 5.91 Å². The van der Waals surface area contributed by atoms with E-state index in [2.05, 4.69) is 20.6 Å². The van der Waals surface area contributed by atoms with Crippen molar-refractivity contribution in [2.24, 2.45) is 5.41 Å². The monoisotopic (exact) mass is 567 g/mol. The number of aromatic amines is 1. The fourth-order valence-corrected chi connectivity index (χ4v) is 6.67. The summed E-state index contributed by atoms with van der Waals surface area (Å²) >= 11 is 1.59. The first kappa shape index (κ1) is 25.6. The molecule has 10 heteroatoms. The lowest BCUT2D eigenvalue weighted by Crippen LogP contribution is -2.49. The molecule has 2 aromatic carbocycles. The van der Waals surface area contributed by atoms with Gasteiger partial charge in [0.15, 0.2) is 0 Å². The minimum Gasteiger partial charge on any atom is -0.455 e. The first-order valence-electron chi connectivity index (χ1n) is 13.8. The number of benzene rings is 2. The number of likely N-dealkylation sites (tertiary alicyclic amines) is 1. The molecule has 2 fully saturated rings. The normalized spacial score (nSPS) is 18.8. The van der Waals surface area contributed by atoms with Gasteiger partial charge in [-0.15, -0.1) is 0 Å². The summed E-state index contributed by atoms with van der Waals surface area (Å²) in [6, 6.07) is 16.1. The molecule has 3 amide bonds. The second-order valence-corrected chi connectivity index (χ2v) is 12.2. The maximum atomic E-state index is 13.4. The number of amides is 3. The highest BCUT2D eigenvalue weighted by Gasteiger charge is 2.55. The van der Waals surface area contributed by atoms with Gasteiger partial charge in [0.05, 0.1) is 22.4 Å². The quantitative estimate of drug-likeness (QED) is 0.271. The van der Waals surface area contributed by atoms with Crippen LogP contribution >= 0.6 is 11.8 Å². The van der Waals surface area contributed by atoms with Gasteiger partial charge in [-0.25, -0.2) is 0 Å². The molecule has 2 aliphatic heterocycles. The Hall–Kier alpha value is -4.31. The Labute approximate surface area is 241 Å². The minimum absolute atomic E-state index is 0.0154. The van der Waals surface area contributed by atoms with E-state index in [-0.39, 0.29) is 35.7 Å². The van der Waals surface area contributed by atoms with Crippen molar-refractivity contribution in [3.8, 4) is 11.5 Å². The van der Waals surface area contributed by atoms with Gasteiger partial charge in [-0.1, -0.05) is 23.9 Å².